The molecule has 4 nitrogen and oxygen atoms in total. The molecule has 0 aliphatic rings. The maximum atomic E-state index is 10.0. The normalized spacial score (nSPS) is 11.2. The zero-order valence-electron chi connectivity index (χ0n) is 10.7. The highest BCUT2D eigenvalue weighted by molar-refractivity contribution is 6.03. The largest absolute Gasteiger partial charge is 0.507 e. The molecular weight excluding hydrogens is 250 g/mol. The molecule has 3 aromatic carbocycles. The lowest BCUT2D eigenvalue weighted by atomic mass is 10.1. The summed E-state index contributed by atoms with van der Waals surface area (Å²) in [5.41, 5.74) is 7.87. The minimum atomic E-state index is 0.150. The number of nitrogens with zero attached hydrogens (tertiary/aromatic N) is 2. The van der Waals surface area contributed by atoms with E-state index >= 15 is 0 Å². The number of anilines is 1. The number of phenols is 1. The molecule has 0 atom stereocenters. The lowest BCUT2D eigenvalue weighted by molar-refractivity contribution is 0.482. The van der Waals surface area contributed by atoms with Gasteiger partial charge in [-0.1, -0.05) is 30.3 Å². The predicted octanol–water partition coefficient (Wildman–Crippen LogP) is 4.54. The average molecular weight is 263 g/mol. The number of benzene rings is 3. The van der Waals surface area contributed by atoms with Gasteiger partial charge >= 0.3 is 0 Å². The van der Waals surface area contributed by atoms with Crippen LogP contribution in [-0.2, 0) is 0 Å². The highest BCUT2D eigenvalue weighted by atomic mass is 16.3. The van der Waals surface area contributed by atoms with E-state index in [4.69, 9.17) is 5.73 Å². The van der Waals surface area contributed by atoms with E-state index in [1.54, 1.807) is 24.3 Å². The second-order valence-corrected chi connectivity index (χ2v) is 4.41. The first-order valence-electron chi connectivity index (χ1n) is 6.22. The summed E-state index contributed by atoms with van der Waals surface area (Å²) < 4.78 is 0. The molecule has 0 saturated heterocycles. The van der Waals surface area contributed by atoms with Gasteiger partial charge in [0, 0.05) is 11.1 Å². The third-order valence-corrected chi connectivity index (χ3v) is 3.06. The van der Waals surface area contributed by atoms with Crippen molar-refractivity contribution in [2.45, 2.75) is 0 Å². The zero-order chi connectivity index (χ0) is 13.9. The Kier molecular flexibility index (Phi) is 3.05. The van der Waals surface area contributed by atoms with Gasteiger partial charge in [0.2, 0.25) is 0 Å². The van der Waals surface area contributed by atoms with Gasteiger partial charge in [0.05, 0.1) is 16.8 Å². The number of azo groups is 1. The SMILES string of the molecule is Nc1ccc(N=Nc2ccccc2)c2c(O)cccc12. The number of hydrogen-bond acceptors (Lipinski definition) is 4. The Morgan fingerprint density at radius 1 is 0.800 bits per heavy atom. The van der Waals surface area contributed by atoms with E-state index in [1.807, 2.05) is 36.4 Å². The highest BCUT2D eigenvalue weighted by Crippen LogP contribution is 2.37. The summed E-state index contributed by atoms with van der Waals surface area (Å²) in [5, 5.41) is 19.8. The zero-order valence-corrected chi connectivity index (χ0v) is 10.7. The number of phenolic OH excluding ortho intramolecular Hbond substituents is 1. The van der Waals surface area contributed by atoms with Gasteiger partial charge in [0.15, 0.2) is 0 Å². The van der Waals surface area contributed by atoms with Crippen molar-refractivity contribution in [2.24, 2.45) is 10.2 Å². The minimum Gasteiger partial charge on any atom is -0.507 e. The van der Waals surface area contributed by atoms with E-state index in [1.165, 1.54) is 0 Å². The molecule has 0 aliphatic carbocycles. The number of aromatic hydroxyl groups is 1. The monoisotopic (exact) mass is 263 g/mol. The standard InChI is InChI=1S/C16H13N3O/c17-13-9-10-14(16-12(13)7-4-8-15(16)20)19-18-11-5-2-1-3-6-11/h1-10,20H,17H2. The van der Waals surface area contributed by atoms with Crippen molar-refractivity contribution < 1.29 is 5.11 Å². The third-order valence-electron chi connectivity index (χ3n) is 3.06. The Labute approximate surface area is 116 Å². The van der Waals surface area contributed by atoms with Crippen molar-refractivity contribution in [3.05, 3.63) is 60.7 Å². The maximum Gasteiger partial charge on any atom is 0.125 e. The van der Waals surface area contributed by atoms with Crippen LogP contribution < -0.4 is 5.73 Å². The van der Waals surface area contributed by atoms with Gasteiger partial charge < -0.3 is 10.8 Å². The third kappa shape index (κ3) is 2.19. The van der Waals surface area contributed by atoms with E-state index in [2.05, 4.69) is 10.2 Å². The van der Waals surface area contributed by atoms with Crippen LogP contribution in [0.5, 0.6) is 5.75 Å². The Balaban J connectivity index is 2.13. The van der Waals surface area contributed by atoms with Gasteiger partial charge in [-0.25, -0.2) is 0 Å². The number of fused-ring (bicyclic) bond motifs is 1. The summed E-state index contributed by atoms with van der Waals surface area (Å²) in [6, 6.07) is 18.2. The lowest BCUT2D eigenvalue weighted by Crippen LogP contribution is -1.86. The summed E-state index contributed by atoms with van der Waals surface area (Å²) >= 11 is 0. The molecule has 0 aromatic heterocycles. The second kappa shape index (κ2) is 5.01. The first-order chi connectivity index (χ1) is 9.75. The van der Waals surface area contributed by atoms with Crippen molar-refractivity contribution in [1.29, 1.82) is 0 Å². The van der Waals surface area contributed by atoms with Crippen molar-refractivity contribution in [3.63, 3.8) is 0 Å². The Morgan fingerprint density at radius 2 is 1.60 bits per heavy atom. The molecule has 0 bridgehead atoms. The quantitative estimate of drug-likeness (QED) is 0.526. The molecule has 4 heteroatoms. The van der Waals surface area contributed by atoms with Crippen molar-refractivity contribution >= 4 is 27.8 Å². The van der Waals surface area contributed by atoms with Crippen LogP contribution in [0.15, 0.2) is 70.9 Å². The molecule has 3 rings (SSSR count). The fraction of sp³-hybridized carbons (Fsp3) is 0. The molecule has 0 fully saturated rings. The Hall–Kier alpha value is -2.88. The van der Waals surface area contributed by atoms with Crippen molar-refractivity contribution in [1.82, 2.24) is 0 Å². The number of nitrogen functional groups attached to an aromatic ring is 1. The van der Waals surface area contributed by atoms with Crippen LogP contribution >= 0.6 is 0 Å². The Bertz CT molecular complexity index is 782. The van der Waals surface area contributed by atoms with Crippen molar-refractivity contribution in [2.75, 3.05) is 5.73 Å². The van der Waals surface area contributed by atoms with Crippen LogP contribution in [-0.4, -0.2) is 5.11 Å². The fourth-order valence-electron chi connectivity index (χ4n) is 2.08. The van der Waals surface area contributed by atoms with E-state index in [0.717, 1.165) is 11.1 Å². The van der Waals surface area contributed by atoms with Gasteiger partial charge in [0.25, 0.3) is 0 Å². The van der Waals surface area contributed by atoms with Crippen LogP contribution in [0.4, 0.5) is 17.1 Å². The molecule has 20 heavy (non-hydrogen) atoms. The van der Waals surface area contributed by atoms with E-state index in [-0.39, 0.29) is 5.75 Å². The van der Waals surface area contributed by atoms with E-state index in [0.29, 0.717) is 16.8 Å². The molecule has 3 aromatic rings. The molecule has 0 saturated carbocycles. The first kappa shape index (κ1) is 12.2. The van der Waals surface area contributed by atoms with Crippen LogP contribution in [0, 0.1) is 0 Å². The summed E-state index contributed by atoms with van der Waals surface area (Å²) in [6.07, 6.45) is 0. The molecule has 0 radical (unpaired) electrons. The number of hydrogen-bond donors (Lipinski definition) is 2. The van der Waals surface area contributed by atoms with E-state index < -0.39 is 0 Å². The highest BCUT2D eigenvalue weighted by Gasteiger charge is 2.07. The molecule has 98 valence electrons. The second-order valence-electron chi connectivity index (χ2n) is 4.41. The smallest absolute Gasteiger partial charge is 0.125 e. The van der Waals surface area contributed by atoms with E-state index in [9.17, 15) is 5.11 Å². The van der Waals surface area contributed by atoms with Crippen LogP contribution in [0.2, 0.25) is 0 Å². The van der Waals surface area contributed by atoms with Gasteiger partial charge in [-0.05, 0) is 30.3 Å². The van der Waals surface area contributed by atoms with Crippen LogP contribution in [0.25, 0.3) is 10.8 Å². The van der Waals surface area contributed by atoms with Gasteiger partial charge in [-0.3, -0.25) is 0 Å². The van der Waals surface area contributed by atoms with Crippen LogP contribution in [0.1, 0.15) is 0 Å². The van der Waals surface area contributed by atoms with Crippen LogP contribution in [0.3, 0.4) is 0 Å². The molecule has 0 amide bonds. The maximum absolute atomic E-state index is 10.0. The molecule has 0 unspecified atom stereocenters. The van der Waals surface area contributed by atoms with Gasteiger partial charge in [0.1, 0.15) is 5.75 Å². The topological polar surface area (TPSA) is 71.0 Å². The molecular formula is C16H13N3O. The lowest BCUT2D eigenvalue weighted by Gasteiger charge is -2.06. The summed E-state index contributed by atoms with van der Waals surface area (Å²) in [5.74, 6) is 0.150. The summed E-state index contributed by atoms with van der Waals surface area (Å²) in [4.78, 5) is 0. The average Bonchev–Trinajstić information content (AvgIpc) is 2.48. The molecule has 0 heterocycles. The fourth-order valence-corrected chi connectivity index (χ4v) is 2.08. The molecule has 3 N–H and O–H groups in total. The predicted molar refractivity (Wildman–Crippen MR) is 80.6 cm³/mol. The molecule has 0 spiro atoms. The minimum absolute atomic E-state index is 0.150. The number of nitrogens with two attached hydrogens (primary N) is 1. The van der Waals surface area contributed by atoms with Crippen molar-refractivity contribution in [3.8, 4) is 5.75 Å². The first-order valence-corrected chi connectivity index (χ1v) is 6.22. The van der Waals surface area contributed by atoms with Gasteiger partial charge in [-0.15, -0.1) is 5.11 Å². The summed E-state index contributed by atoms with van der Waals surface area (Å²) in [7, 11) is 0. The molecule has 0 aliphatic heterocycles. The summed E-state index contributed by atoms with van der Waals surface area (Å²) in [6.45, 7) is 0. The Morgan fingerprint density at radius 3 is 2.40 bits per heavy atom. The number of rotatable bonds is 2. The van der Waals surface area contributed by atoms with Gasteiger partial charge in [-0.2, -0.15) is 5.11 Å².